The molecule has 2 aromatic rings. The van der Waals surface area contributed by atoms with E-state index < -0.39 is 11.3 Å². The van der Waals surface area contributed by atoms with Gasteiger partial charge in [-0.15, -0.1) is 0 Å². The predicted molar refractivity (Wildman–Crippen MR) is 41.0 cm³/mol. The van der Waals surface area contributed by atoms with E-state index in [1.54, 1.807) is 12.1 Å². The molecule has 1 aromatic carbocycles. The quantitative estimate of drug-likeness (QED) is 0.430. The lowest BCUT2D eigenvalue weighted by Gasteiger charge is -1.88. The molecule has 0 aliphatic heterocycles. The molecule has 1 aromatic heterocycles. The monoisotopic (exact) mass is 168 g/mol. The largest absolute Gasteiger partial charge is 0.387 e. The van der Waals surface area contributed by atoms with Gasteiger partial charge in [0.2, 0.25) is 0 Å². The van der Waals surface area contributed by atoms with Crippen molar-refractivity contribution in [3.05, 3.63) is 45.1 Å². The van der Waals surface area contributed by atoms with Crippen molar-refractivity contribution < 1.29 is 9.15 Å². The van der Waals surface area contributed by atoms with Gasteiger partial charge in [0.25, 0.3) is 0 Å². The zero-order chi connectivity index (χ0) is 8.55. The average molecular weight is 168 g/mol. The van der Waals surface area contributed by atoms with Gasteiger partial charge in [-0.3, -0.25) is 0 Å². The van der Waals surface area contributed by atoms with Crippen LogP contribution in [0.15, 0.2) is 43.0 Å². The lowest BCUT2D eigenvalue weighted by Crippen LogP contribution is -2.08. The van der Waals surface area contributed by atoms with Crippen LogP contribution in [-0.4, -0.2) is 0 Å². The fourth-order valence-corrected chi connectivity index (χ4v) is 1.00. The van der Waals surface area contributed by atoms with Crippen molar-refractivity contribution in [2.24, 2.45) is 0 Å². The van der Waals surface area contributed by atoms with Crippen molar-refractivity contribution in [1.82, 2.24) is 0 Å². The first-order valence-electron chi connectivity index (χ1n) is 3.31. The summed E-state index contributed by atoms with van der Waals surface area (Å²) < 4.78 is 8.26. The summed E-state index contributed by atoms with van der Waals surface area (Å²) in [6.07, 6.45) is 0. The number of fused-ring (bicyclic) bond motifs is 1. The molecule has 0 saturated heterocycles. The van der Waals surface area contributed by atoms with Crippen LogP contribution in [0.2, 0.25) is 0 Å². The van der Waals surface area contributed by atoms with Crippen LogP contribution in [0.3, 0.4) is 0 Å². The highest BCUT2D eigenvalue weighted by atomic mass is 18.1. The van der Waals surface area contributed by atoms with Gasteiger partial charge in [-0.05, 0) is 12.1 Å². The molecule has 4 heteroatoms. The van der Waals surface area contributed by atoms with Crippen molar-refractivity contribution >= 4 is 10.8 Å². The van der Waals surface area contributed by atoms with Crippen molar-refractivity contribution in [3.63, 3.8) is 0 Å². The van der Waals surface area contributed by atoms with Crippen molar-refractivity contribution in [3.8, 4) is 0 Å². The second-order valence-electron chi connectivity index (χ2n) is 2.29. The highest BCUT2D eigenvalue weighted by Crippen LogP contribution is 2.02. The molecule has 60 valence electrons. The maximum absolute atomic E-state index is 10.9. The minimum atomic E-state index is -0.634. The fourth-order valence-electron chi connectivity index (χ4n) is 1.00. The van der Waals surface area contributed by atoms with Gasteiger partial charge in [-0.25, -0.2) is 18.7 Å². The Labute approximate surface area is 66.0 Å². The zero-order valence-electron chi connectivity index (χ0n) is 5.94. The molecule has 0 unspecified atom stereocenters. The Hall–Kier alpha value is -1.84. The third-order valence-corrected chi connectivity index (χ3v) is 1.56. The summed E-state index contributed by atoms with van der Waals surface area (Å²) in [5, 5.41) is 0.488. The summed E-state index contributed by atoms with van der Waals surface area (Å²) in [5.74, 6) is 0. The average Bonchev–Trinajstić information content (AvgIpc) is 2.12. The van der Waals surface area contributed by atoms with Gasteiger partial charge >= 0.3 is 11.3 Å². The third kappa shape index (κ3) is 0.852. The van der Waals surface area contributed by atoms with Gasteiger partial charge in [-0.2, -0.15) is 0 Å². The van der Waals surface area contributed by atoms with Crippen LogP contribution in [0.1, 0.15) is 0 Å². The van der Waals surface area contributed by atoms with Crippen LogP contribution in [-0.2, 0) is 0 Å². The molecular formula is C8H4O4. The summed E-state index contributed by atoms with van der Waals surface area (Å²) in [4.78, 5) is 21.9. The predicted octanol–water partition coefficient (Wildman–Crippen LogP) is 0.746. The van der Waals surface area contributed by atoms with Gasteiger partial charge in [0, 0.05) is 0 Å². The Kier molecular flexibility index (Phi) is 1.33. The van der Waals surface area contributed by atoms with Gasteiger partial charge in [0.05, 0.1) is 10.8 Å². The van der Waals surface area contributed by atoms with E-state index in [1.165, 1.54) is 12.1 Å². The summed E-state index contributed by atoms with van der Waals surface area (Å²) in [6.45, 7) is 0. The standard InChI is InChI=1S/C8H4O4/c9-7-5-3-1-2-4-6(5)8(10)12-11-7/h1-4H/i9+2,10+2. The maximum Gasteiger partial charge on any atom is 0.387 e. The van der Waals surface area contributed by atoms with E-state index >= 15 is 0 Å². The molecule has 0 atom stereocenters. The molecule has 0 radical (unpaired) electrons. The van der Waals surface area contributed by atoms with Crippen molar-refractivity contribution in [2.75, 3.05) is 0 Å². The van der Waals surface area contributed by atoms with E-state index in [0.717, 1.165) is 0 Å². The van der Waals surface area contributed by atoms with Crippen molar-refractivity contribution in [2.45, 2.75) is 0 Å². The molecule has 0 spiro atoms. The highest BCUT2D eigenvalue weighted by Gasteiger charge is 2.03. The van der Waals surface area contributed by atoms with Crippen LogP contribution in [0.5, 0.6) is 0 Å². The number of hydrogen-bond donors (Lipinski definition) is 0. The molecule has 2 rings (SSSR count). The van der Waals surface area contributed by atoms with Crippen LogP contribution in [0.25, 0.3) is 10.8 Å². The van der Waals surface area contributed by atoms with E-state index in [9.17, 15) is 9.59 Å². The second kappa shape index (κ2) is 2.34. The summed E-state index contributed by atoms with van der Waals surface area (Å²) >= 11 is 0. The molecule has 0 saturated carbocycles. The SMILES string of the molecule is [18O]=c1ooc(=[18O])c2ccccc12. The molecule has 0 bridgehead atoms. The molecule has 0 fully saturated rings. The molecular weight excluding hydrogens is 164 g/mol. The highest BCUT2D eigenvalue weighted by molar-refractivity contribution is 5.79. The first-order chi connectivity index (χ1) is 5.79. The Balaban J connectivity index is 3.16. The minimum absolute atomic E-state index is 0.244. The Morgan fingerprint density at radius 3 is 1.67 bits per heavy atom. The van der Waals surface area contributed by atoms with Gasteiger partial charge < -0.3 is 0 Å². The van der Waals surface area contributed by atoms with Crippen LogP contribution in [0, 0.1) is 0 Å². The first-order valence-corrected chi connectivity index (χ1v) is 3.31. The normalized spacial score (nSPS) is 10.3. The molecule has 4 nitrogen and oxygen atoms in total. The van der Waals surface area contributed by atoms with Crippen LogP contribution >= 0.6 is 0 Å². The van der Waals surface area contributed by atoms with E-state index in [-0.39, 0.29) is 10.8 Å². The zero-order valence-corrected chi connectivity index (χ0v) is 5.94. The van der Waals surface area contributed by atoms with Gasteiger partial charge in [0.1, 0.15) is 0 Å². The molecule has 1 heterocycles. The van der Waals surface area contributed by atoms with Crippen LogP contribution in [0.4, 0.5) is 0 Å². The summed E-state index contributed by atoms with van der Waals surface area (Å²) in [5.41, 5.74) is -1.27. The number of benzene rings is 1. The fraction of sp³-hybridized carbons (Fsp3) is 0. The lowest BCUT2D eigenvalue weighted by molar-refractivity contribution is 0.0217. The Morgan fingerprint density at radius 2 is 1.25 bits per heavy atom. The number of hydrogen-bond acceptors (Lipinski definition) is 4. The molecule has 0 N–H and O–H groups in total. The minimum Gasteiger partial charge on any atom is -0.241 e. The first kappa shape index (κ1) is 6.84. The van der Waals surface area contributed by atoms with E-state index in [1.807, 2.05) is 0 Å². The van der Waals surface area contributed by atoms with E-state index in [4.69, 9.17) is 0 Å². The molecule has 12 heavy (non-hydrogen) atoms. The van der Waals surface area contributed by atoms with Crippen LogP contribution < -0.4 is 11.3 Å². The summed E-state index contributed by atoms with van der Waals surface area (Å²) in [7, 11) is 0. The van der Waals surface area contributed by atoms with Crippen molar-refractivity contribution in [1.29, 1.82) is 0 Å². The summed E-state index contributed by atoms with van der Waals surface area (Å²) in [6, 6.07) is 6.33. The van der Waals surface area contributed by atoms with Gasteiger partial charge in [0.15, 0.2) is 0 Å². The molecule has 0 aliphatic carbocycles. The molecule has 0 amide bonds. The smallest absolute Gasteiger partial charge is 0.241 e. The Bertz CT molecular complexity index is 472. The third-order valence-electron chi connectivity index (χ3n) is 1.56. The van der Waals surface area contributed by atoms with E-state index in [0.29, 0.717) is 0 Å². The van der Waals surface area contributed by atoms with Gasteiger partial charge in [-0.1, -0.05) is 12.1 Å². The second-order valence-corrected chi connectivity index (χ2v) is 2.29. The topological polar surface area (TPSA) is 60.4 Å². The maximum atomic E-state index is 10.9. The Morgan fingerprint density at radius 1 is 0.833 bits per heavy atom. The van der Waals surface area contributed by atoms with E-state index in [2.05, 4.69) is 9.15 Å². The number of rotatable bonds is 0. The molecule has 0 aliphatic rings. The lowest BCUT2D eigenvalue weighted by atomic mass is 10.2.